The van der Waals surface area contributed by atoms with Crippen LogP contribution in [0.15, 0.2) is 48.5 Å². The van der Waals surface area contributed by atoms with Crippen molar-refractivity contribution in [2.75, 3.05) is 51.1 Å². The van der Waals surface area contributed by atoms with Crippen LogP contribution in [-0.2, 0) is 11.2 Å². The number of ether oxygens (including phenoxy) is 2. The number of anilines is 4. The summed E-state index contributed by atoms with van der Waals surface area (Å²) in [6, 6.07) is 14.5. The zero-order chi connectivity index (χ0) is 35.6. The van der Waals surface area contributed by atoms with E-state index < -0.39 is 17.9 Å². The van der Waals surface area contributed by atoms with Crippen LogP contribution < -0.4 is 15.0 Å². The van der Waals surface area contributed by atoms with Crippen LogP contribution in [0.1, 0.15) is 52.7 Å². The number of fused-ring (bicyclic) bond motifs is 1. The van der Waals surface area contributed by atoms with Crippen molar-refractivity contribution in [1.82, 2.24) is 25.1 Å². The van der Waals surface area contributed by atoms with E-state index >= 15 is 0 Å². The number of aryl methyl sites for hydroxylation is 2. The molecule has 0 amide bonds. The van der Waals surface area contributed by atoms with Gasteiger partial charge in [-0.2, -0.15) is 0 Å². The summed E-state index contributed by atoms with van der Waals surface area (Å²) in [6.07, 6.45) is 1.70. The van der Waals surface area contributed by atoms with Crippen molar-refractivity contribution < 1.29 is 23.8 Å². The Kier molecular flexibility index (Phi) is 12.7. The van der Waals surface area contributed by atoms with E-state index in [1.54, 1.807) is 19.1 Å². The van der Waals surface area contributed by atoms with E-state index in [-0.39, 0.29) is 18.1 Å². The molecule has 0 aliphatic heterocycles. The minimum atomic E-state index is -0.554. The van der Waals surface area contributed by atoms with E-state index in [1.165, 1.54) is 35.8 Å². The molecule has 0 bridgehead atoms. The van der Waals surface area contributed by atoms with Gasteiger partial charge in [0.05, 0.1) is 36.6 Å². The number of nitrogens with one attached hydrogen (secondary N) is 1. The number of para-hydroxylation sites is 1. The van der Waals surface area contributed by atoms with Crippen LogP contribution in [0.5, 0.6) is 5.75 Å². The van der Waals surface area contributed by atoms with Gasteiger partial charge in [0.2, 0.25) is 0 Å². The number of halogens is 1. The number of aromatic nitrogens is 4. The highest BCUT2D eigenvalue weighted by atomic mass is 32.1. The molecule has 2 aromatic carbocycles. The highest BCUT2D eigenvalue weighted by Gasteiger charge is 2.24. The molecule has 1 unspecified atom stereocenters. The summed E-state index contributed by atoms with van der Waals surface area (Å²) in [4.78, 5) is 26.7. The number of aliphatic hydroxyl groups excluding tert-OH is 1. The number of carbonyl (C=O) groups excluding carboxylic acids is 1. The van der Waals surface area contributed by atoms with Gasteiger partial charge in [-0.1, -0.05) is 35.3 Å². The van der Waals surface area contributed by atoms with Crippen molar-refractivity contribution in [2.45, 2.75) is 45.6 Å². The normalized spacial score (nSPS) is 11.7. The first-order valence-electron chi connectivity index (χ1n) is 16.2. The molecule has 14 heteroatoms. The van der Waals surface area contributed by atoms with Gasteiger partial charge in [-0.05, 0) is 95.6 Å². The summed E-state index contributed by atoms with van der Waals surface area (Å²) in [5, 5.41) is 23.5. The molecule has 0 aliphatic carbocycles. The molecular formula is C36H40FN7O4S2. The minimum absolute atomic E-state index is 0.139. The molecule has 0 spiro atoms. The number of hydrogen-bond acceptors (Lipinski definition) is 13. The maximum absolute atomic E-state index is 14.7. The van der Waals surface area contributed by atoms with Gasteiger partial charge >= 0.3 is 5.97 Å². The molecule has 5 rings (SSSR count). The standard InChI is InChI=1S/C36H40FN7O4S2/c1-23-21-31(41-42-33(23)40-35-38-27-13-6-7-14-29(27)49-35)44(19-8-11-24(2)45)36-39-32(34(46)47-5)30(50-36)15-10-20-48-28-17-16-25(22-26(28)37)12-9-18-43(3)4/h6-7,13-14,16-17,21-22,24,45H,8,10-11,15,18-20H2,1-5H3,(H,38,40,42). The van der Waals surface area contributed by atoms with Crippen LogP contribution in [0.2, 0.25) is 0 Å². The molecule has 3 heterocycles. The maximum atomic E-state index is 14.7. The Morgan fingerprint density at radius 3 is 2.64 bits per heavy atom. The summed E-state index contributed by atoms with van der Waals surface area (Å²) in [5.41, 5.74) is 2.53. The number of nitrogens with zero attached hydrogens (tertiary/aromatic N) is 6. The monoisotopic (exact) mass is 717 g/mol. The van der Waals surface area contributed by atoms with Crippen LogP contribution in [0.4, 0.5) is 26.3 Å². The van der Waals surface area contributed by atoms with Crippen LogP contribution >= 0.6 is 22.7 Å². The van der Waals surface area contributed by atoms with E-state index in [0.717, 1.165) is 15.8 Å². The summed E-state index contributed by atoms with van der Waals surface area (Å²) in [6.45, 7) is 4.97. The second kappa shape index (κ2) is 17.3. The molecule has 0 saturated heterocycles. The topological polar surface area (TPSA) is 126 Å². The molecule has 0 radical (unpaired) electrons. The predicted molar refractivity (Wildman–Crippen MR) is 197 cm³/mol. The largest absolute Gasteiger partial charge is 0.491 e. The fraction of sp³-hybridized carbons (Fsp3) is 0.361. The number of thiazole rings is 2. The Labute approximate surface area is 299 Å². The Balaban J connectivity index is 1.31. The van der Waals surface area contributed by atoms with Crippen molar-refractivity contribution >= 4 is 60.8 Å². The Hall–Kier alpha value is -4.68. The van der Waals surface area contributed by atoms with Gasteiger partial charge in [-0.15, -0.1) is 21.5 Å². The second-order valence-electron chi connectivity index (χ2n) is 11.9. The van der Waals surface area contributed by atoms with Gasteiger partial charge < -0.3 is 24.8 Å². The van der Waals surface area contributed by atoms with E-state index in [9.17, 15) is 14.3 Å². The van der Waals surface area contributed by atoms with Gasteiger partial charge in [-0.3, -0.25) is 4.90 Å². The quantitative estimate of drug-likeness (QED) is 0.0679. The third kappa shape index (κ3) is 9.72. The fourth-order valence-electron chi connectivity index (χ4n) is 4.90. The first-order chi connectivity index (χ1) is 24.1. The molecule has 0 aliphatic rings. The molecule has 0 fully saturated rings. The summed E-state index contributed by atoms with van der Waals surface area (Å²) >= 11 is 2.88. The van der Waals surface area contributed by atoms with Crippen molar-refractivity contribution in [3.8, 4) is 17.6 Å². The summed E-state index contributed by atoms with van der Waals surface area (Å²) in [5.74, 6) is 6.17. The Morgan fingerprint density at radius 1 is 1.10 bits per heavy atom. The van der Waals surface area contributed by atoms with Crippen molar-refractivity contribution in [2.24, 2.45) is 0 Å². The lowest BCUT2D eigenvalue weighted by molar-refractivity contribution is 0.0593. The van der Waals surface area contributed by atoms with Crippen LogP contribution in [0, 0.1) is 24.6 Å². The van der Waals surface area contributed by atoms with Crippen molar-refractivity contribution in [3.05, 3.63) is 76.0 Å². The SMILES string of the molecule is COC(=O)c1nc(N(CCCC(C)O)c2cc(C)c(Nc3nc4ccccc4s3)nn2)sc1CCCOc1ccc(C#CCN(C)C)cc1F. The van der Waals surface area contributed by atoms with E-state index in [0.29, 0.717) is 71.1 Å². The number of rotatable bonds is 15. The number of esters is 1. The fourth-order valence-corrected chi connectivity index (χ4v) is 6.89. The molecular weight excluding hydrogens is 678 g/mol. The Morgan fingerprint density at radius 2 is 1.92 bits per heavy atom. The van der Waals surface area contributed by atoms with Gasteiger partial charge in [0, 0.05) is 17.0 Å². The highest BCUT2D eigenvalue weighted by molar-refractivity contribution is 7.22. The lowest BCUT2D eigenvalue weighted by Gasteiger charge is -2.21. The lowest BCUT2D eigenvalue weighted by atomic mass is 10.2. The van der Waals surface area contributed by atoms with Crippen LogP contribution in [0.3, 0.4) is 0 Å². The van der Waals surface area contributed by atoms with Crippen molar-refractivity contribution in [3.63, 3.8) is 0 Å². The number of carbonyl (C=O) groups is 1. The smallest absolute Gasteiger partial charge is 0.357 e. The van der Waals surface area contributed by atoms with Crippen molar-refractivity contribution in [1.29, 1.82) is 0 Å². The lowest BCUT2D eigenvalue weighted by Crippen LogP contribution is -2.21. The molecule has 0 saturated carbocycles. The molecule has 2 N–H and O–H groups in total. The molecule has 3 aromatic heterocycles. The van der Waals surface area contributed by atoms with Gasteiger partial charge in [0.25, 0.3) is 0 Å². The molecule has 5 aromatic rings. The summed E-state index contributed by atoms with van der Waals surface area (Å²) < 4.78 is 26.6. The molecule has 11 nitrogen and oxygen atoms in total. The molecule has 1 atom stereocenters. The minimum Gasteiger partial charge on any atom is -0.491 e. The zero-order valence-electron chi connectivity index (χ0n) is 28.7. The third-order valence-electron chi connectivity index (χ3n) is 7.43. The van der Waals surface area contributed by atoms with Gasteiger partial charge in [0.15, 0.2) is 39.2 Å². The summed E-state index contributed by atoms with van der Waals surface area (Å²) in [7, 11) is 5.15. The Bertz CT molecular complexity index is 1950. The number of aliphatic hydroxyl groups is 1. The highest BCUT2D eigenvalue weighted by Crippen LogP contribution is 2.34. The number of benzene rings is 2. The van der Waals surface area contributed by atoms with Crippen LogP contribution in [0.25, 0.3) is 10.2 Å². The second-order valence-corrected chi connectivity index (χ2v) is 14.0. The average molecular weight is 718 g/mol. The number of hydrogen-bond donors (Lipinski definition) is 2. The first-order valence-corrected chi connectivity index (χ1v) is 17.8. The van der Waals surface area contributed by atoms with Gasteiger partial charge in [0.1, 0.15) is 0 Å². The third-order valence-corrected chi connectivity index (χ3v) is 9.52. The van der Waals surface area contributed by atoms with Gasteiger partial charge in [-0.25, -0.2) is 19.2 Å². The average Bonchev–Trinajstić information content (AvgIpc) is 3.70. The van der Waals surface area contributed by atoms with E-state index in [1.807, 2.05) is 61.2 Å². The van der Waals surface area contributed by atoms with E-state index in [4.69, 9.17) is 14.5 Å². The zero-order valence-corrected chi connectivity index (χ0v) is 30.3. The first kappa shape index (κ1) is 36.6. The molecule has 262 valence electrons. The van der Waals surface area contributed by atoms with Crippen LogP contribution in [-0.4, -0.2) is 83.1 Å². The number of methoxy groups -OCH3 is 1. The maximum Gasteiger partial charge on any atom is 0.357 e. The molecule has 50 heavy (non-hydrogen) atoms. The predicted octanol–water partition coefficient (Wildman–Crippen LogP) is 6.74. The van der Waals surface area contributed by atoms with E-state index in [2.05, 4.69) is 32.3 Å².